The molecule has 2 nitrogen and oxygen atoms in total. The predicted octanol–water partition coefficient (Wildman–Crippen LogP) is 5.50. The zero-order chi connectivity index (χ0) is 16.9. The number of esters is 1. The molecular formula is C22H22O2. The molecule has 0 aliphatic rings. The van der Waals surface area contributed by atoms with Gasteiger partial charge in [-0.05, 0) is 40.3 Å². The Balaban J connectivity index is 1.81. The Bertz CT molecular complexity index is 846. The van der Waals surface area contributed by atoms with E-state index in [9.17, 15) is 4.79 Å². The molecule has 0 heterocycles. The van der Waals surface area contributed by atoms with Crippen molar-refractivity contribution in [3.05, 3.63) is 77.9 Å². The third-order valence-electron chi connectivity index (χ3n) is 4.50. The maximum Gasteiger partial charge on any atom is 0.315 e. The van der Waals surface area contributed by atoms with E-state index in [-0.39, 0.29) is 12.4 Å². The minimum Gasteiger partial charge on any atom is -0.426 e. The first-order valence-electron chi connectivity index (χ1n) is 8.45. The third kappa shape index (κ3) is 3.48. The molecule has 0 aromatic heterocycles. The minimum absolute atomic E-state index is 0.220. The van der Waals surface area contributed by atoms with Crippen molar-refractivity contribution < 1.29 is 9.53 Å². The number of carbonyl (C=O) groups excluding carboxylic acids is 1. The summed E-state index contributed by atoms with van der Waals surface area (Å²) in [4.78, 5) is 12.5. The second kappa shape index (κ2) is 7.31. The lowest BCUT2D eigenvalue weighted by atomic mass is 9.98. The van der Waals surface area contributed by atoms with Crippen LogP contribution < -0.4 is 4.74 Å². The van der Waals surface area contributed by atoms with Crippen LogP contribution in [0.1, 0.15) is 37.3 Å². The van der Waals surface area contributed by atoms with Gasteiger partial charge in [-0.25, -0.2) is 0 Å². The molecule has 0 spiro atoms. The Morgan fingerprint density at radius 2 is 1.67 bits per heavy atom. The van der Waals surface area contributed by atoms with Crippen LogP contribution in [0.25, 0.3) is 10.8 Å². The molecule has 0 amide bonds. The second-order valence-electron chi connectivity index (χ2n) is 6.14. The summed E-state index contributed by atoms with van der Waals surface area (Å²) in [5.41, 5.74) is 2.09. The lowest BCUT2D eigenvalue weighted by molar-refractivity contribution is -0.133. The van der Waals surface area contributed by atoms with Crippen LogP contribution in [0.15, 0.2) is 66.7 Å². The van der Waals surface area contributed by atoms with Crippen LogP contribution in [0.3, 0.4) is 0 Å². The lowest BCUT2D eigenvalue weighted by Crippen LogP contribution is -2.13. The average molecular weight is 318 g/mol. The fraction of sp³-hybridized carbons (Fsp3) is 0.227. The zero-order valence-corrected chi connectivity index (χ0v) is 14.2. The van der Waals surface area contributed by atoms with Crippen LogP contribution in [0, 0.1) is 0 Å². The van der Waals surface area contributed by atoms with Gasteiger partial charge in [0.2, 0.25) is 0 Å². The molecule has 122 valence electrons. The van der Waals surface area contributed by atoms with Crippen molar-refractivity contribution in [3.63, 3.8) is 0 Å². The van der Waals surface area contributed by atoms with Gasteiger partial charge < -0.3 is 4.74 Å². The van der Waals surface area contributed by atoms with E-state index in [1.54, 1.807) is 0 Å². The molecule has 1 atom stereocenters. The monoisotopic (exact) mass is 318 g/mol. The molecule has 3 rings (SSSR count). The molecule has 0 fully saturated rings. The first kappa shape index (κ1) is 16.3. The van der Waals surface area contributed by atoms with Crippen LogP contribution in [-0.2, 0) is 11.2 Å². The summed E-state index contributed by atoms with van der Waals surface area (Å²) in [5.74, 6) is 0.825. The van der Waals surface area contributed by atoms with Gasteiger partial charge in [0.15, 0.2) is 0 Å². The van der Waals surface area contributed by atoms with Crippen molar-refractivity contribution in [1.29, 1.82) is 0 Å². The van der Waals surface area contributed by atoms with Gasteiger partial charge in [0.25, 0.3) is 0 Å². The first-order chi connectivity index (χ1) is 11.7. The van der Waals surface area contributed by atoms with E-state index in [0.717, 1.165) is 28.3 Å². The van der Waals surface area contributed by atoms with Gasteiger partial charge in [0.05, 0.1) is 6.42 Å². The van der Waals surface area contributed by atoms with E-state index in [1.807, 2.05) is 54.6 Å². The molecule has 0 aliphatic carbocycles. The third-order valence-corrected chi connectivity index (χ3v) is 4.50. The van der Waals surface area contributed by atoms with Crippen molar-refractivity contribution >= 4 is 16.7 Å². The quantitative estimate of drug-likeness (QED) is 0.458. The fourth-order valence-electron chi connectivity index (χ4n) is 2.96. The number of ether oxygens (including phenoxy) is 1. The number of hydrogen-bond donors (Lipinski definition) is 0. The number of hydrogen-bond acceptors (Lipinski definition) is 2. The first-order valence-corrected chi connectivity index (χ1v) is 8.45. The molecule has 3 aromatic carbocycles. The van der Waals surface area contributed by atoms with E-state index >= 15 is 0 Å². The summed E-state index contributed by atoms with van der Waals surface area (Å²) in [6, 6.07) is 22.0. The van der Waals surface area contributed by atoms with E-state index in [0.29, 0.717) is 11.7 Å². The number of carbonyl (C=O) groups is 1. The normalized spacial score (nSPS) is 12.1. The van der Waals surface area contributed by atoms with Gasteiger partial charge in [-0.3, -0.25) is 4.79 Å². The highest BCUT2D eigenvalue weighted by molar-refractivity contribution is 5.89. The summed E-state index contributed by atoms with van der Waals surface area (Å²) >= 11 is 0. The molecule has 0 radical (unpaired) electrons. The SMILES string of the molecule is CCC(C)c1ccccc1OC(=O)Cc1cccc2ccccc12. The molecule has 1 unspecified atom stereocenters. The summed E-state index contributed by atoms with van der Waals surface area (Å²) in [5, 5.41) is 2.25. The van der Waals surface area contributed by atoms with Crippen LogP contribution in [0.2, 0.25) is 0 Å². The van der Waals surface area contributed by atoms with E-state index in [4.69, 9.17) is 4.74 Å². The Kier molecular flexibility index (Phi) is 4.95. The molecule has 0 N–H and O–H groups in total. The molecule has 24 heavy (non-hydrogen) atoms. The summed E-state index contributed by atoms with van der Waals surface area (Å²) in [6.07, 6.45) is 1.29. The van der Waals surface area contributed by atoms with Gasteiger partial charge >= 0.3 is 5.97 Å². The van der Waals surface area contributed by atoms with Crippen LogP contribution in [0.4, 0.5) is 0 Å². The molecule has 0 saturated carbocycles. The van der Waals surface area contributed by atoms with Crippen molar-refractivity contribution in [2.75, 3.05) is 0 Å². The maximum atomic E-state index is 12.5. The summed E-state index contributed by atoms with van der Waals surface area (Å²) < 4.78 is 5.68. The Labute approximate surface area is 143 Å². The highest BCUT2D eigenvalue weighted by Gasteiger charge is 2.14. The Hall–Kier alpha value is -2.61. The van der Waals surface area contributed by atoms with E-state index in [2.05, 4.69) is 26.0 Å². The highest BCUT2D eigenvalue weighted by atomic mass is 16.5. The molecule has 3 aromatic rings. The maximum absolute atomic E-state index is 12.5. The van der Waals surface area contributed by atoms with Gasteiger partial charge in [-0.1, -0.05) is 74.5 Å². The summed E-state index contributed by atoms with van der Waals surface area (Å²) in [6.45, 7) is 4.29. The molecule has 0 aliphatic heterocycles. The second-order valence-corrected chi connectivity index (χ2v) is 6.14. The number of benzene rings is 3. The van der Waals surface area contributed by atoms with Crippen LogP contribution >= 0.6 is 0 Å². The topological polar surface area (TPSA) is 26.3 Å². The zero-order valence-electron chi connectivity index (χ0n) is 14.2. The minimum atomic E-state index is -0.220. The van der Waals surface area contributed by atoms with E-state index < -0.39 is 0 Å². The predicted molar refractivity (Wildman–Crippen MR) is 98.4 cm³/mol. The van der Waals surface area contributed by atoms with Gasteiger partial charge in [0.1, 0.15) is 5.75 Å². The van der Waals surface area contributed by atoms with Crippen molar-refractivity contribution in [3.8, 4) is 5.75 Å². The van der Waals surface area contributed by atoms with Crippen molar-refractivity contribution in [1.82, 2.24) is 0 Å². The van der Waals surface area contributed by atoms with Gasteiger partial charge in [0, 0.05) is 0 Å². The fourth-order valence-corrected chi connectivity index (χ4v) is 2.96. The standard InChI is InChI=1S/C22H22O2/c1-3-16(2)19-12-6-7-14-21(19)24-22(23)15-18-11-8-10-17-9-4-5-13-20(17)18/h4-14,16H,3,15H2,1-2H3. The van der Waals surface area contributed by atoms with Gasteiger partial charge in [-0.2, -0.15) is 0 Å². The molecular weight excluding hydrogens is 296 g/mol. The number of fused-ring (bicyclic) bond motifs is 1. The van der Waals surface area contributed by atoms with Crippen molar-refractivity contribution in [2.45, 2.75) is 32.6 Å². The molecule has 0 bridgehead atoms. The lowest BCUT2D eigenvalue weighted by Gasteiger charge is -2.14. The van der Waals surface area contributed by atoms with Crippen molar-refractivity contribution in [2.24, 2.45) is 0 Å². The Morgan fingerprint density at radius 3 is 2.50 bits per heavy atom. The molecule has 0 saturated heterocycles. The van der Waals surface area contributed by atoms with Gasteiger partial charge in [-0.15, -0.1) is 0 Å². The number of para-hydroxylation sites is 1. The Morgan fingerprint density at radius 1 is 0.958 bits per heavy atom. The average Bonchev–Trinajstić information content (AvgIpc) is 2.62. The molecule has 2 heteroatoms. The van der Waals surface area contributed by atoms with Crippen LogP contribution in [-0.4, -0.2) is 5.97 Å². The summed E-state index contributed by atoms with van der Waals surface area (Å²) in [7, 11) is 0. The highest BCUT2D eigenvalue weighted by Crippen LogP contribution is 2.29. The van der Waals surface area contributed by atoms with E-state index in [1.165, 1.54) is 0 Å². The number of rotatable bonds is 5. The largest absolute Gasteiger partial charge is 0.426 e. The smallest absolute Gasteiger partial charge is 0.315 e. The van der Waals surface area contributed by atoms with Crippen LogP contribution in [0.5, 0.6) is 5.75 Å².